The standard InChI is InChI=1S/C12H13BrFNO/c13-11-9(5-4-6-10(11)14)12(16)15-7-2-1-3-8-15/h4-6H,1-3,7-8H2. The summed E-state index contributed by atoms with van der Waals surface area (Å²) in [6, 6.07) is 4.57. The lowest BCUT2D eigenvalue weighted by atomic mass is 10.1. The van der Waals surface area contributed by atoms with Gasteiger partial charge in [0.05, 0.1) is 10.0 Å². The van der Waals surface area contributed by atoms with E-state index in [0.29, 0.717) is 5.56 Å². The third-order valence-corrected chi connectivity index (χ3v) is 3.63. The number of amides is 1. The van der Waals surface area contributed by atoms with Crippen LogP contribution in [-0.4, -0.2) is 23.9 Å². The van der Waals surface area contributed by atoms with Gasteiger partial charge in [0.25, 0.3) is 5.91 Å². The zero-order valence-electron chi connectivity index (χ0n) is 8.88. The van der Waals surface area contributed by atoms with Crippen molar-refractivity contribution in [3.8, 4) is 0 Å². The van der Waals surface area contributed by atoms with Crippen LogP contribution in [0.15, 0.2) is 22.7 Å². The molecule has 0 radical (unpaired) electrons. The van der Waals surface area contributed by atoms with E-state index in [1.54, 1.807) is 17.0 Å². The molecule has 1 amide bonds. The Labute approximate surface area is 103 Å². The van der Waals surface area contributed by atoms with E-state index >= 15 is 0 Å². The van der Waals surface area contributed by atoms with Crippen LogP contribution in [0.4, 0.5) is 4.39 Å². The van der Waals surface area contributed by atoms with Gasteiger partial charge in [0.1, 0.15) is 5.82 Å². The van der Waals surface area contributed by atoms with Crippen molar-refractivity contribution in [1.29, 1.82) is 0 Å². The maximum atomic E-state index is 13.3. The SMILES string of the molecule is O=C(c1cccc(F)c1Br)N1CCCCC1. The molecule has 1 aromatic carbocycles. The summed E-state index contributed by atoms with van der Waals surface area (Å²) >= 11 is 3.12. The van der Waals surface area contributed by atoms with Gasteiger partial charge >= 0.3 is 0 Å². The number of halogens is 2. The first kappa shape index (κ1) is 11.6. The Balaban J connectivity index is 2.22. The van der Waals surface area contributed by atoms with Crippen LogP contribution in [0.2, 0.25) is 0 Å². The van der Waals surface area contributed by atoms with Crippen molar-refractivity contribution in [3.05, 3.63) is 34.1 Å². The maximum Gasteiger partial charge on any atom is 0.255 e. The molecule has 0 unspecified atom stereocenters. The fraction of sp³-hybridized carbons (Fsp3) is 0.417. The largest absolute Gasteiger partial charge is 0.339 e. The van der Waals surface area contributed by atoms with E-state index < -0.39 is 0 Å². The summed E-state index contributed by atoms with van der Waals surface area (Å²) in [5.41, 5.74) is 0.418. The first-order chi connectivity index (χ1) is 7.70. The summed E-state index contributed by atoms with van der Waals surface area (Å²) in [7, 11) is 0. The van der Waals surface area contributed by atoms with E-state index in [9.17, 15) is 9.18 Å². The predicted molar refractivity (Wildman–Crippen MR) is 63.9 cm³/mol. The van der Waals surface area contributed by atoms with Crippen LogP contribution in [0.3, 0.4) is 0 Å². The molecule has 1 saturated heterocycles. The third-order valence-electron chi connectivity index (χ3n) is 2.83. The number of hydrogen-bond donors (Lipinski definition) is 0. The summed E-state index contributed by atoms with van der Waals surface area (Å²) in [5.74, 6) is -0.464. The quantitative estimate of drug-likeness (QED) is 0.776. The number of carbonyl (C=O) groups excluding carboxylic acids is 1. The second-order valence-corrected chi connectivity index (χ2v) is 4.75. The Morgan fingerprint density at radius 2 is 1.94 bits per heavy atom. The molecule has 1 fully saturated rings. The molecule has 0 atom stereocenters. The zero-order valence-corrected chi connectivity index (χ0v) is 10.5. The van der Waals surface area contributed by atoms with Crippen molar-refractivity contribution >= 4 is 21.8 Å². The Bertz CT molecular complexity index is 402. The highest BCUT2D eigenvalue weighted by Gasteiger charge is 2.21. The van der Waals surface area contributed by atoms with Gasteiger partial charge in [-0.3, -0.25) is 4.79 Å². The number of nitrogens with zero attached hydrogens (tertiary/aromatic N) is 1. The summed E-state index contributed by atoms with van der Waals surface area (Å²) in [4.78, 5) is 13.9. The third kappa shape index (κ3) is 2.26. The Hall–Kier alpha value is -0.900. The highest BCUT2D eigenvalue weighted by Crippen LogP contribution is 2.23. The summed E-state index contributed by atoms with van der Waals surface area (Å²) in [5, 5.41) is 0. The van der Waals surface area contributed by atoms with Gasteiger partial charge in [-0.2, -0.15) is 0 Å². The number of hydrogen-bond acceptors (Lipinski definition) is 1. The average Bonchev–Trinajstić information content (AvgIpc) is 2.33. The number of rotatable bonds is 1. The van der Waals surface area contributed by atoms with Gasteiger partial charge < -0.3 is 4.90 Å². The van der Waals surface area contributed by atoms with Gasteiger partial charge in [-0.15, -0.1) is 0 Å². The molecule has 1 heterocycles. The van der Waals surface area contributed by atoms with Gasteiger partial charge in [-0.25, -0.2) is 4.39 Å². The van der Waals surface area contributed by atoms with Crippen molar-refractivity contribution in [3.63, 3.8) is 0 Å². The molecule has 0 saturated carbocycles. The molecule has 0 bridgehead atoms. The van der Waals surface area contributed by atoms with Crippen molar-refractivity contribution in [2.24, 2.45) is 0 Å². The maximum absolute atomic E-state index is 13.3. The van der Waals surface area contributed by atoms with E-state index in [4.69, 9.17) is 0 Å². The van der Waals surface area contributed by atoms with E-state index in [1.807, 2.05) is 0 Å². The molecular weight excluding hydrogens is 273 g/mol. The summed E-state index contributed by atoms with van der Waals surface area (Å²) in [6.07, 6.45) is 3.26. The van der Waals surface area contributed by atoms with E-state index in [1.165, 1.54) is 12.5 Å². The minimum absolute atomic E-state index is 0.0777. The lowest BCUT2D eigenvalue weighted by Crippen LogP contribution is -2.35. The van der Waals surface area contributed by atoms with E-state index in [0.717, 1.165) is 25.9 Å². The van der Waals surface area contributed by atoms with Gasteiger partial charge in [0, 0.05) is 13.1 Å². The van der Waals surface area contributed by atoms with Crippen LogP contribution >= 0.6 is 15.9 Å². The van der Waals surface area contributed by atoms with Gasteiger partial charge in [-0.05, 0) is 47.3 Å². The number of piperidine rings is 1. The topological polar surface area (TPSA) is 20.3 Å². The highest BCUT2D eigenvalue weighted by molar-refractivity contribution is 9.10. The lowest BCUT2D eigenvalue weighted by Gasteiger charge is -2.27. The second-order valence-electron chi connectivity index (χ2n) is 3.95. The van der Waals surface area contributed by atoms with Gasteiger partial charge in [0.15, 0.2) is 0 Å². The molecular formula is C12H13BrFNO. The minimum Gasteiger partial charge on any atom is -0.339 e. The number of likely N-dealkylation sites (tertiary alicyclic amines) is 1. The fourth-order valence-corrected chi connectivity index (χ4v) is 2.37. The zero-order chi connectivity index (χ0) is 11.5. The molecule has 4 heteroatoms. The first-order valence-corrected chi connectivity index (χ1v) is 6.23. The van der Waals surface area contributed by atoms with Crippen LogP contribution in [0.1, 0.15) is 29.6 Å². The average molecular weight is 286 g/mol. The highest BCUT2D eigenvalue weighted by atomic mass is 79.9. The molecule has 1 aliphatic heterocycles. The Morgan fingerprint density at radius 1 is 1.25 bits per heavy atom. The first-order valence-electron chi connectivity index (χ1n) is 5.43. The molecule has 2 nitrogen and oxygen atoms in total. The van der Waals surface area contributed by atoms with Gasteiger partial charge in [0.2, 0.25) is 0 Å². The van der Waals surface area contributed by atoms with Crippen LogP contribution in [0.25, 0.3) is 0 Å². The van der Waals surface area contributed by atoms with Crippen LogP contribution in [0, 0.1) is 5.82 Å². The monoisotopic (exact) mass is 285 g/mol. The summed E-state index contributed by atoms with van der Waals surface area (Å²) in [6.45, 7) is 1.56. The van der Waals surface area contributed by atoms with Crippen molar-refractivity contribution in [2.75, 3.05) is 13.1 Å². The molecule has 86 valence electrons. The van der Waals surface area contributed by atoms with E-state index in [2.05, 4.69) is 15.9 Å². The molecule has 1 aliphatic rings. The molecule has 0 aliphatic carbocycles. The number of carbonyl (C=O) groups is 1. The molecule has 0 N–H and O–H groups in total. The molecule has 2 rings (SSSR count). The van der Waals surface area contributed by atoms with Crippen molar-refractivity contribution in [1.82, 2.24) is 4.90 Å². The smallest absolute Gasteiger partial charge is 0.255 e. The van der Waals surface area contributed by atoms with Crippen LogP contribution < -0.4 is 0 Å². The molecule has 16 heavy (non-hydrogen) atoms. The Morgan fingerprint density at radius 3 is 2.62 bits per heavy atom. The molecule has 0 spiro atoms. The molecule has 0 aromatic heterocycles. The number of benzene rings is 1. The van der Waals surface area contributed by atoms with Crippen LogP contribution in [0.5, 0.6) is 0 Å². The fourth-order valence-electron chi connectivity index (χ4n) is 1.94. The van der Waals surface area contributed by atoms with Gasteiger partial charge in [-0.1, -0.05) is 6.07 Å². The summed E-state index contributed by atoms with van der Waals surface area (Å²) < 4.78 is 13.6. The lowest BCUT2D eigenvalue weighted by molar-refractivity contribution is 0.0723. The van der Waals surface area contributed by atoms with Crippen molar-refractivity contribution < 1.29 is 9.18 Å². The van der Waals surface area contributed by atoms with Crippen molar-refractivity contribution in [2.45, 2.75) is 19.3 Å². The molecule has 1 aromatic rings. The van der Waals surface area contributed by atoms with Crippen LogP contribution in [-0.2, 0) is 0 Å². The predicted octanol–water partition coefficient (Wildman–Crippen LogP) is 3.21. The Kier molecular flexibility index (Phi) is 3.59. The minimum atomic E-state index is -0.386. The second kappa shape index (κ2) is 4.95. The normalized spacial score (nSPS) is 16.2. The van der Waals surface area contributed by atoms with E-state index in [-0.39, 0.29) is 16.2 Å².